The maximum Gasteiger partial charge on any atom is 0.126 e. The van der Waals surface area contributed by atoms with Crippen LogP contribution in [0.2, 0.25) is 5.02 Å². The Labute approximate surface area is 165 Å². The molecule has 140 valence electrons. The van der Waals surface area contributed by atoms with Crippen LogP contribution in [0.1, 0.15) is 42.5 Å². The van der Waals surface area contributed by atoms with Gasteiger partial charge in [0.1, 0.15) is 5.82 Å². The number of aryl methyl sites for hydroxylation is 1. The summed E-state index contributed by atoms with van der Waals surface area (Å²) >= 11 is 8.22. The van der Waals surface area contributed by atoms with Crippen LogP contribution in [0.5, 0.6) is 0 Å². The van der Waals surface area contributed by atoms with Crippen LogP contribution in [0.15, 0.2) is 35.2 Å². The molecular formula is C22H27ClFNS. The molecule has 4 heteroatoms. The van der Waals surface area contributed by atoms with Gasteiger partial charge < -0.3 is 5.32 Å². The van der Waals surface area contributed by atoms with Crippen LogP contribution in [0.25, 0.3) is 0 Å². The quantitative estimate of drug-likeness (QED) is 0.601. The third-order valence-corrected chi connectivity index (χ3v) is 6.58. The van der Waals surface area contributed by atoms with Crippen molar-refractivity contribution in [3.63, 3.8) is 0 Å². The Morgan fingerprint density at radius 1 is 1.15 bits per heavy atom. The van der Waals surface area contributed by atoms with Crippen molar-refractivity contribution in [2.24, 2.45) is 5.92 Å². The second-order valence-corrected chi connectivity index (χ2v) is 8.80. The first kappa shape index (κ1) is 19.7. The van der Waals surface area contributed by atoms with Crippen molar-refractivity contribution in [3.05, 3.63) is 63.4 Å². The molecule has 1 aliphatic heterocycles. The Kier molecular flexibility index (Phi) is 7.02. The van der Waals surface area contributed by atoms with Crippen LogP contribution in [0, 0.1) is 11.7 Å². The SMILES string of the molecule is CC(C)CCc1ccc(CSc2c(Cl)ccc3c2CCNCC3)cc1F. The minimum absolute atomic E-state index is 0.0778. The Balaban J connectivity index is 1.72. The monoisotopic (exact) mass is 391 g/mol. The number of hydrogen-bond donors (Lipinski definition) is 1. The fraction of sp³-hybridized carbons (Fsp3) is 0.455. The molecule has 0 radical (unpaired) electrons. The highest BCUT2D eigenvalue weighted by Crippen LogP contribution is 2.36. The van der Waals surface area contributed by atoms with Crippen molar-refractivity contribution >= 4 is 23.4 Å². The number of hydrogen-bond acceptors (Lipinski definition) is 2. The van der Waals surface area contributed by atoms with E-state index in [1.807, 2.05) is 12.1 Å². The third-order valence-electron chi connectivity index (χ3n) is 4.92. The first-order valence-electron chi connectivity index (χ1n) is 9.45. The highest BCUT2D eigenvalue weighted by atomic mass is 35.5. The zero-order chi connectivity index (χ0) is 18.5. The summed E-state index contributed by atoms with van der Waals surface area (Å²) in [6.07, 6.45) is 3.87. The molecule has 0 atom stereocenters. The standard InChI is InChI=1S/C22H27ClFNS/c1-15(2)3-5-18-6-4-16(13-21(18)24)14-26-22-19-10-12-25-11-9-17(19)7-8-20(22)23/h4,6-8,13,15,25H,3,5,9-12,14H2,1-2H3. The van der Waals surface area contributed by atoms with E-state index in [2.05, 4.69) is 31.3 Å². The number of halogens is 2. The van der Waals surface area contributed by atoms with Gasteiger partial charge in [0.2, 0.25) is 0 Å². The molecule has 0 saturated carbocycles. The van der Waals surface area contributed by atoms with E-state index >= 15 is 0 Å². The first-order chi connectivity index (χ1) is 12.5. The van der Waals surface area contributed by atoms with Gasteiger partial charge in [-0.3, -0.25) is 0 Å². The van der Waals surface area contributed by atoms with Gasteiger partial charge in [0, 0.05) is 10.6 Å². The van der Waals surface area contributed by atoms with Gasteiger partial charge >= 0.3 is 0 Å². The molecular weight excluding hydrogens is 365 g/mol. The molecule has 0 saturated heterocycles. The third kappa shape index (κ3) is 5.03. The molecule has 2 aromatic carbocycles. The maximum absolute atomic E-state index is 14.4. The lowest BCUT2D eigenvalue weighted by molar-refractivity contribution is 0.558. The Morgan fingerprint density at radius 2 is 1.96 bits per heavy atom. The minimum atomic E-state index is -0.0778. The Hall–Kier alpha value is -1.03. The van der Waals surface area contributed by atoms with Gasteiger partial charge in [-0.2, -0.15) is 0 Å². The van der Waals surface area contributed by atoms with Crippen molar-refractivity contribution in [1.29, 1.82) is 0 Å². The lowest BCUT2D eigenvalue weighted by Gasteiger charge is -2.14. The van der Waals surface area contributed by atoms with Gasteiger partial charge in [0.25, 0.3) is 0 Å². The van der Waals surface area contributed by atoms with Gasteiger partial charge in [0.05, 0.1) is 5.02 Å². The van der Waals surface area contributed by atoms with Gasteiger partial charge in [-0.1, -0.05) is 43.6 Å². The number of nitrogens with one attached hydrogen (secondary N) is 1. The molecule has 0 spiro atoms. The van der Waals surface area contributed by atoms with Gasteiger partial charge in [-0.15, -0.1) is 11.8 Å². The molecule has 1 N–H and O–H groups in total. The first-order valence-corrected chi connectivity index (χ1v) is 10.8. The second-order valence-electron chi connectivity index (χ2n) is 7.41. The summed E-state index contributed by atoms with van der Waals surface area (Å²) in [4.78, 5) is 1.16. The topological polar surface area (TPSA) is 12.0 Å². The van der Waals surface area contributed by atoms with Crippen molar-refractivity contribution in [2.45, 2.75) is 50.2 Å². The van der Waals surface area contributed by atoms with Crippen LogP contribution in [0.3, 0.4) is 0 Å². The summed E-state index contributed by atoms with van der Waals surface area (Å²) in [5.74, 6) is 1.26. The molecule has 3 rings (SSSR count). The van der Waals surface area contributed by atoms with Crippen molar-refractivity contribution < 1.29 is 4.39 Å². The van der Waals surface area contributed by atoms with Crippen LogP contribution in [0.4, 0.5) is 4.39 Å². The zero-order valence-corrected chi connectivity index (χ0v) is 17.2. The molecule has 26 heavy (non-hydrogen) atoms. The van der Waals surface area contributed by atoms with Crippen molar-refractivity contribution in [1.82, 2.24) is 5.32 Å². The molecule has 0 aromatic heterocycles. The van der Waals surface area contributed by atoms with Crippen LogP contribution < -0.4 is 5.32 Å². The molecule has 0 amide bonds. The van der Waals surface area contributed by atoms with E-state index in [-0.39, 0.29) is 5.82 Å². The Bertz CT molecular complexity index is 760. The van der Waals surface area contributed by atoms with Crippen molar-refractivity contribution in [2.75, 3.05) is 13.1 Å². The van der Waals surface area contributed by atoms with E-state index in [1.165, 1.54) is 11.1 Å². The predicted molar refractivity (Wildman–Crippen MR) is 111 cm³/mol. The summed E-state index contributed by atoms with van der Waals surface area (Å²) in [7, 11) is 0. The molecule has 0 bridgehead atoms. The van der Waals surface area contributed by atoms with Gasteiger partial charge in [-0.05, 0) is 79.1 Å². The summed E-state index contributed by atoms with van der Waals surface area (Å²) in [5, 5.41) is 4.26. The van der Waals surface area contributed by atoms with E-state index in [9.17, 15) is 4.39 Å². The number of thioether (sulfide) groups is 1. The molecule has 2 aromatic rings. The normalized spacial score (nSPS) is 14.3. The molecule has 0 aliphatic carbocycles. The van der Waals surface area contributed by atoms with Crippen LogP contribution in [-0.4, -0.2) is 13.1 Å². The summed E-state index contributed by atoms with van der Waals surface area (Å²) in [6, 6.07) is 9.86. The smallest absolute Gasteiger partial charge is 0.126 e. The van der Waals surface area contributed by atoms with Gasteiger partial charge in [0.15, 0.2) is 0 Å². The summed E-state index contributed by atoms with van der Waals surface area (Å²) < 4.78 is 14.4. The number of benzene rings is 2. The largest absolute Gasteiger partial charge is 0.316 e. The zero-order valence-electron chi connectivity index (χ0n) is 15.6. The summed E-state index contributed by atoms with van der Waals surface area (Å²) in [6.45, 7) is 6.35. The predicted octanol–water partition coefficient (Wildman–Crippen LogP) is 6.05. The summed E-state index contributed by atoms with van der Waals surface area (Å²) in [5.41, 5.74) is 4.59. The highest BCUT2D eigenvalue weighted by Gasteiger charge is 2.15. The van der Waals surface area contributed by atoms with E-state index in [1.54, 1.807) is 17.8 Å². The molecule has 0 unspecified atom stereocenters. The fourth-order valence-corrected chi connectivity index (χ4v) is 4.79. The van der Waals surface area contributed by atoms with Crippen molar-refractivity contribution in [3.8, 4) is 0 Å². The lowest BCUT2D eigenvalue weighted by Crippen LogP contribution is -2.16. The van der Waals surface area contributed by atoms with Crippen LogP contribution in [-0.2, 0) is 25.0 Å². The molecule has 1 nitrogen and oxygen atoms in total. The molecule has 0 fully saturated rings. The number of fused-ring (bicyclic) bond motifs is 1. The van der Waals surface area contributed by atoms with Crippen LogP contribution >= 0.6 is 23.4 Å². The fourth-order valence-electron chi connectivity index (χ4n) is 3.35. The van der Waals surface area contributed by atoms with E-state index in [4.69, 9.17) is 11.6 Å². The van der Waals surface area contributed by atoms with E-state index in [0.717, 1.165) is 65.6 Å². The maximum atomic E-state index is 14.4. The highest BCUT2D eigenvalue weighted by molar-refractivity contribution is 7.98. The average molecular weight is 392 g/mol. The van der Waals surface area contributed by atoms with Gasteiger partial charge in [-0.25, -0.2) is 4.39 Å². The van der Waals surface area contributed by atoms with E-state index < -0.39 is 0 Å². The van der Waals surface area contributed by atoms with E-state index in [0.29, 0.717) is 5.92 Å². The average Bonchev–Trinajstić information content (AvgIpc) is 2.85. The Morgan fingerprint density at radius 3 is 2.73 bits per heavy atom. The second kappa shape index (κ2) is 9.25. The number of rotatable bonds is 6. The minimum Gasteiger partial charge on any atom is -0.316 e. The molecule has 1 heterocycles. The lowest BCUT2D eigenvalue weighted by atomic mass is 10.0. The molecule has 1 aliphatic rings.